The minimum Gasteiger partial charge on any atom is -0.354 e. The Morgan fingerprint density at radius 1 is 1.39 bits per heavy atom. The van der Waals surface area contributed by atoms with Gasteiger partial charge in [-0.05, 0) is 30.4 Å². The zero-order chi connectivity index (χ0) is 13.4. The largest absolute Gasteiger partial charge is 0.354 e. The van der Waals surface area contributed by atoms with Gasteiger partial charge in [0.1, 0.15) is 6.04 Å². The van der Waals surface area contributed by atoms with E-state index in [4.69, 9.17) is 5.73 Å². The van der Waals surface area contributed by atoms with Gasteiger partial charge in [0.25, 0.3) is 0 Å². The highest BCUT2D eigenvalue weighted by Crippen LogP contribution is 2.11. The number of hydrogen-bond acceptors (Lipinski definition) is 3. The van der Waals surface area contributed by atoms with Crippen LogP contribution in [-0.4, -0.2) is 24.0 Å². The molecular formula is C14H22N2OS. The quantitative estimate of drug-likeness (QED) is 0.744. The highest BCUT2D eigenvalue weighted by Gasteiger charge is 2.14. The fourth-order valence-corrected chi connectivity index (χ4v) is 2.20. The van der Waals surface area contributed by atoms with Gasteiger partial charge < -0.3 is 11.1 Å². The van der Waals surface area contributed by atoms with Crippen LogP contribution in [0.4, 0.5) is 0 Å². The predicted octanol–water partition coefficient (Wildman–Crippen LogP) is 2.25. The third-order valence-electron chi connectivity index (χ3n) is 2.69. The number of rotatable bonds is 7. The van der Waals surface area contributed by atoms with Crippen LogP contribution in [0, 0.1) is 6.92 Å². The summed E-state index contributed by atoms with van der Waals surface area (Å²) in [5.74, 6) is 2.10. The number of carbonyl (C=O) groups excluding carboxylic acids is 1. The average Bonchev–Trinajstić information content (AvgIpc) is 2.38. The molecule has 3 nitrogen and oxygen atoms in total. The second-order valence-electron chi connectivity index (χ2n) is 4.23. The van der Waals surface area contributed by atoms with Crippen molar-refractivity contribution in [1.29, 1.82) is 0 Å². The molecule has 0 spiro atoms. The van der Waals surface area contributed by atoms with Crippen LogP contribution in [0.15, 0.2) is 24.3 Å². The van der Waals surface area contributed by atoms with Crippen molar-refractivity contribution in [3.05, 3.63) is 35.4 Å². The summed E-state index contributed by atoms with van der Waals surface area (Å²) in [7, 11) is 0. The highest BCUT2D eigenvalue weighted by molar-refractivity contribution is 7.99. The monoisotopic (exact) mass is 266 g/mol. The number of thioether (sulfide) groups is 1. The summed E-state index contributed by atoms with van der Waals surface area (Å²) in [6, 6.07) is 7.20. The lowest BCUT2D eigenvalue weighted by atomic mass is 10.1. The molecule has 0 aliphatic carbocycles. The second-order valence-corrected chi connectivity index (χ2v) is 5.62. The first-order valence-electron chi connectivity index (χ1n) is 6.32. The molecule has 0 saturated carbocycles. The summed E-state index contributed by atoms with van der Waals surface area (Å²) in [6.45, 7) is 4.85. The van der Waals surface area contributed by atoms with Gasteiger partial charge in [0, 0.05) is 6.54 Å². The number of nitrogens with one attached hydrogen (secondary N) is 1. The Hall–Kier alpha value is -1.00. The van der Waals surface area contributed by atoms with E-state index in [0.29, 0.717) is 6.54 Å². The third-order valence-corrected chi connectivity index (χ3v) is 3.67. The van der Waals surface area contributed by atoms with E-state index in [1.807, 2.05) is 43.0 Å². The Bertz CT molecular complexity index is 365. The normalized spacial score (nSPS) is 12.2. The van der Waals surface area contributed by atoms with Crippen molar-refractivity contribution in [2.75, 3.05) is 18.1 Å². The van der Waals surface area contributed by atoms with Gasteiger partial charge >= 0.3 is 0 Å². The number of aryl methyl sites for hydroxylation is 1. The highest BCUT2D eigenvalue weighted by atomic mass is 32.2. The van der Waals surface area contributed by atoms with Crippen LogP contribution in [0.5, 0.6) is 0 Å². The molecule has 0 aliphatic rings. The van der Waals surface area contributed by atoms with Crippen LogP contribution >= 0.6 is 11.8 Å². The maximum atomic E-state index is 11.8. The second kappa shape index (κ2) is 8.16. The van der Waals surface area contributed by atoms with Crippen LogP contribution < -0.4 is 11.1 Å². The van der Waals surface area contributed by atoms with Gasteiger partial charge in [-0.1, -0.05) is 36.8 Å². The summed E-state index contributed by atoms with van der Waals surface area (Å²) in [6.07, 6.45) is 0.991. The zero-order valence-electron chi connectivity index (χ0n) is 11.1. The number of hydrogen-bond donors (Lipinski definition) is 2. The molecule has 1 amide bonds. The average molecular weight is 266 g/mol. The van der Waals surface area contributed by atoms with Crippen molar-refractivity contribution in [1.82, 2.24) is 5.32 Å². The smallest absolute Gasteiger partial charge is 0.241 e. The van der Waals surface area contributed by atoms with Gasteiger partial charge in [0.2, 0.25) is 5.91 Å². The van der Waals surface area contributed by atoms with E-state index in [-0.39, 0.29) is 5.91 Å². The van der Waals surface area contributed by atoms with Gasteiger partial charge in [-0.3, -0.25) is 4.79 Å². The van der Waals surface area contributed by atoms with Crippen molar-refractivity contribution in [2.24, 2.45) is 5.73 Å². The third kappa shape index (κ3) is 5.10. The van der Waals surface area contributed by atoms with Crippen LogP contribution in [0.1, 0.15) is 30.5 Å². The molecule has 4 heteroatoms. The minimum atomic E-state index is -0.565. The topological polar surface area (TPSA) is 55.1 Å². The van der Waals surface area contributed by atoms with E-state index in [0.717, 1.165) is 23.5 Å². The summed E-state index contributed by atoms with van der Waals surface area (Å²) in [5, 5.41) is 2.88. The van der Waals surface area contributed by atoms with Gasteiger partial charge in [-0.2, -0.15) is 11.8 Å². The Morgan fingerprint density at radius 2 is 2.06 bits per heavy atom. The maximum absolute atomic E-state index is 11.8. The van der Waals surface area contributed by atoms with Crippen LogP contribution in [-0.2, 0) is 4.79 Å². The molecule has 0 aromatic heterocycles. The minimum absolute atomic E-state index is 0.0969. The number of carbonyl (C=O) groups is 1. The number of benzene rings is 1. The molecule has 0 saturated heterocycles. The standard InChI is InChI=1S/C14H22N2OS/c1-3-18-10-4-9-16-14(17)13(15)12-7-5-11(2)6-8-12/h5-8,13H,3-4,9-10,15H2,1-2H3,(H,16,17). The lowest BCUT2D eigenvalue weighted by Gasteiger charge is -2.12. The van der Waals surface area contributed by atoms with E-state index < -0.39 is 6.04 Å². The Kier molecular flexibility index (Phi) is 6.83. The molecule has 1 rings (SSSR count). The molecule has 0 bridgehead atoms. The molecule has 1 aromatic carbocycles. The van der Waals surface area contributed by atoms with Crippen LogP contribution in [0.2, 0.25) is 0 Å². The predicted molar refractivity (Wildman–Crippen MR) is 78.7 cm³/mol. The SMILES string of the molecule is CCSCCCNC(=O)C(N)c1ccc(C)cc1. The molecule has 3 N–H and O–H groups in total. The summed E-state index contributed by atoms with van der Waals surface area (Å²) in [4.78, 5) is 11.8. The van der Waals surface area contributed by atoms with Gasteiger partial charge in [-0.25, -0.2) is 0 Å². The van der Waals surface area contributed by atoms with Gasteiger partial charge in [-0.15, -0.1) is 0 Å². The first kappa shape index (κ1) is 15.1. The fraction of sp³-hybridized carbons (Fsp3) is 0.500. The molecular weight excluding hydrogens is 244 g/mol. The molecule has 0 fully saturated rings. The van der Waals surface area contributed by atoms with E-state index in [9.17, 15) is 4.79 Å². The van der Waals surface area contributed by atoms with Crippen LogP contribution in [0.3, 0.4) is 0 Å². The first-order chi connectivity index (χ1) is 8.65. The Morgan fingerprint density at radius 3 is 2.67 bits per heavy atom. The number of nitrogens with two attached hydrogens (primary N) is 1. The molecule has 1 aromatic rings. The first-order valence-corrected chi connectivity index (χ1v) is 7.48. The molecule has 1 atom stereocenters. The lowest BCUT2D eigenvalue weighted by molar-refractivity contribution is -0.122. The Balaban J connectivity index is 2.34. The van der Waals surface area contributed by atoms with Crippen LogP contribution in [0.25, 0.3) is 0 Å². The van der Waals surface area contributed by atoms with Crippen molar-refractivity contribution in [2.45, 2.75) is 26.3 Å². The van der Waals surface area contributed by atoms with Crippen molar-refractivity contribution in [3.8, 4) is 0 Å². The Labute approximate surface area is 114 Å². The van der Waals surface area contributed by atoms with E-state index in [1.165, 1.54) is 5.56 Å². The molecule has 0 heterocycles. The van der Waals surface area contributed by atoms with Gasteiger partial charge in [0.05, 0.1) is 0 Å². The summed E-state index contributed by atoms with van der Waals surface area (Å²) < 4.78 is 0. The maximum Gasteiger partial charge on any atom is 0.241 e. The fourth-order valence-electron chi connectivity index (χ4n) is 1.57. The summed E-state index contributed by atoms with van der Waals surface area (Å²) >= 11 is 1.88. The van der Waals surface area contributed by atoms with Crippen molar-refractivity contribution < 1.29 is 4.79 Å². The van der Waals surface area contributed by atoms with Crippen molar-refractivity contribution >= 4 is 17.7 Å². The van der Waals surface area contributed by atoms with E-state index in [1.54, 1.807) is 0 Å². The molecule has 100 valence electrons. The van der Waals surface area contributed by atoms with E-state index >= 15 is 0 Å². The lowest BCUT2D eigenvalue weighted by Crippen LogP contribution is -2.34. The zero-order valence-corrected chi connectivity index (χ0v) is 11.9. The molecule has 18 heavy (non-hydrogen) atoms. The number of amides is 1. The molecule has 1 unspecified atom stereocenters. The van der Waals surface area contributed by atoms with Crippen molar-refractivity contribution in [3.63, 3.8) is 0 Å². The van der Waals surface area contributed by atoms with E-state index in [2.05, 4.69) is 12.2 Å². The van der Waals surface area contributed by atoms with Gasteiger partial charge in [0.15, 0.2) is 0 Å². The molecule has 0 aliphatic heterocycles. The molecule has 0 radical (unpaired) electrons. The summed E-state index contributed by atoms with van der Waals surface area (Å²) in [5.41, 5.74) is 7.94.